The number of hydrogen-bond acceptors (Lipinski definition) is 6. The summed E-state index contributed by atoms with van der Waals surface area (Å²) in [6.07, 6.45) is 5.87. The first kappa shape index (κ1) is 24.3. The van der Waals surface area contributed by atoms with Crippen LogP contribution in [0.1, 0.15) is 25.8 Å². The summed E-state index contributed by atoms with van der Waals surface area (Å²) in [6, 6.07) is 12.0. The number of piperazine rings is 1. The Morgan fingerprint density at radius 3 is 2.56 bits per heavy atom. The van der Waals surface area contributed by atoms with E-state index in [1.807, 2.05) is 49.0 Å². The maximum absolute atomic E-state index is 13.3. The first-order valence-corrected chi connectivity index (χ1v) is 13.7. The smallest absolute Gasteiger partial charge is 0.246 e. The summed E-state index contributed by atoms with van der Waals surface area (Å²) in [5.41, 5.74) is 4.23. The minimum absolute atomic E-state index is 0.171. The molecule has 0 unspecified atom stereocenters. The molecule has 1 fully saturated rings. The molecule has 0 N–H and O–H groups in total. The van der Waals surface area contributed by atoms with E-state index in [1.165, 1.54) is 6.20 Å². The van der Waals surface area contributed by atoms with Crippen molar-refractivity contribution in [1.82, 2.24) is 23.9 Å². The second-order valence-corrected chi connectivity index (χ2v) is 11.2. The average molecular weight is 509 g/mol. The van der Waals surface area contributed by atoms with Crippen LogP contribution in [0.25, 0.3) is 16.6 Å². The Labute approximate surface area is 211 Å². The zero-order valence-corrected chi connectivity index (χ0v) is 21.9. The molecule has 1 atom stereocenters. The van der Waals surface area contributed by atoms with Gasteiger partial charge in [0.25, 0.3) is 0 Å². The third-order valence-corrected chi connectivity index (χ3v) is 8.75. The lowest BCUT2D eigenvalue weighted by Gasteiger charge is -2.40. The number of hydrogen-bond donors (Lipinski definition) is 0. The number of aryl methyl sites for hydroxylation is 2. The van der Waals surface area contributed by atoms with Gasteiger partial charge in [0.15, 0.2) is 0 Å². The molecular formula is C26H32N6O3S. The average Bonchev–Trinajstić information content (AvgIpc) is 3.51. The highest BCUT2D eigenvalue weighted by Crippen LogP contribution is 2.31. The van der Waals surface area contributed by atoms with Crippen LogP contribution in [0.2, 0.25) is 0 Å². The van der Waals surface area contributed by atoms with Gasteiger partial charge in [-0.3, -0.25) is 4.68 Å². The lowest BCUT2D eigenvalue weighted by molar-refractivity contribution is 0.306. The van der Waals surface area contributed by atoms with Crippen molar-refractivity contribution in [3.63, 3.8) is 0 Å². The molecule has 3 heterocycles. The molecule has 2 aromatic heterocycles. The number of anilines is 1. The highest BCUT2D eigenvalue weighted by atomic mass is 32.2. The van der Waals surface area contributed by atoms with Crippen LogP contribution >= 0.6 is 0 Å². The summed E-state index contributed by atoms with van der Waals surface area (Å²) >= 11 is 0. The van der Waals surface area contributed by atoms with E-state index in [0.717, 1.165) is 40.0 Å². The van der Waals surface area contributed by atoms with Crippen molar-refractivity contribution in [3.8, 4) is 11.4 Å². The topological polar surface area (TPSA) is 85.5 Å². The molecule has 0 amide bonds. The Balaban J connectivity index is 1.37. The van der Waals surface area contributed by atoms with Crippen LogP contribution in [0.5, 0.6) is 5.75 Å². The molecule has 1 saturated heterocycles. The highest BCUT2D eigenvalue weighted by molar-refractivity contribution is 7.89. The molecule has 10 heteroatoms. The summed E-state index contributed by atoms with van der Waals surface area (Å²) < 4.78 is 37.1. The number of sulfonamides is 1. The van der Waals surface area contributed by atoms with E-state index in [4.69, 9.17) is 4.74 Å². The summed E-state index contributed by atoms with van der Waals surface area (Å²) in [5.74, 6) is 0.804. The van der Waals surface area contributed by atoms with Gasteiger partial charge in [-0.1, -0.05) is 6.92 Å². The Morgan fingerprint density at radius 2 is 1.86 bits per heavy atom. The van der Waals surface area contributed by atoms with Crippen molar-refractivity contribution in [1.29, 1.82) is 0 Å². The van der Waals surface area contributed by atoms with Crippen molar-refractivity contribution in [2.45, 2.75) is 44.7 Å². The van der Waals surface area contributed by atoms with Gasteiger partial charge in [-0.05, 0) is 62.2 Å². The van der Waals surface area contributed by atoms with Gasteiger partial charge in [-0.15, -0.1) is 0 Å². The van der Waals surface area contributed by atoms with Crippen molar-refractivity contribution in [2.75, 3.05) is 31.6 Å². The summed E-state index contributed by atoms with van der Waals surface area (Å²) in [7, 11) is -1.94. The van der Waals surface area contributed by atoms with Gasteiger partial charge < -0.3 is 9.64 Å². The summed E-state index contributed by atoms with van der Waals surface area (Å²) in [4.78, 5) is 2.54. The third-order valence-electron chi connectivity index (χ3n) is 6.78. The molecule has 0 bridgehead atoms. The van der Waals surface area contributed by atoms with Crippen LogP contribution in [0, 0.1) is 6.92 Å². The maximum Gasteiger partial charge on any atom is 0.246 e. The molecule has 1 aliphatic heterocycles. The Morgan fingerprint density at radius 1 is 1.08 bits per heavy atom. The van der Waals surface area contributed by atoms with Gasteiger partial charge >= 0.3 is 0 Å². The van der Waals surface area contributed by atoms with Crippen LogP contribution < -0.4 is 9.64 Å². The maximum atomic E-state index is 13.3. The third kappa shape index (κ3) is 4.35. The van der Waals surface area contributed by atoms with Gasteiger partial charge in [0.2, 0.25) is 10.0 Å². The molecule has 9 nitrogen and oxygen atoms in total. The fraction of sp³-hybridized carbons (Fsp3) is 0.385. The van der Waals surface area contributed by atoms with Crippen LogP contribution in [0.3, 0.4) is 0 Å². The molecule has 0 aliphatic carbocycles. The van der Waals surface area contributed by atoms with Crippen molar-refractivity contribution >= 4 is 26.6 Å². The first-order chi connectivity index (χ1) is 17.3. The van der Waals surface area contributed by atoms with Gasteiger partial charge in [0, 0.05) is 49.5 Å². The molecule has 5 rings (SSSR count). The van der Waals surface area contributed by atoms with Crippen molar-refractivity contribution in [2.24, 2.45) is 0 Å². The lowest BCUT2D eigenvalue weighted by atomic mass is 10.1. The number of nitrogens with zero attached hydrogens (tertiary/aromatic N) is 6. The quantitative estimate of drug-likeness (QED) is 0.377. The van der Waals surface area contributed by atoms with E-state index < -0.39 is 10.0 Å². The number of ether oxygens (including phenoxy) is 1. The lowest BCUT2D eigenvalue weighted by Crippen LogP contribution is -2.54. The van der Waals surface area contributed by atoms with Crippen LogP contribution in [-0.4, -0.2) is 65.1 Å². The standard InChI is InChI=1S/C26H32N6O3S/c1-5-10-30-18-24(16-27-30)36(33,34)31-12-11-29(17-20(31)3)25-14-21-15-28-32(26(21)13-19(25)2)22-6-8-23(35-4)9-7-22/h6-9,13-16,18,20H,5,10-12,17H2,1-4H3/t20-/m1/s1. The molecule has 0 radical (unpaired) electrons. The zero-order valence-electron chi connectivity index (χ0n) is 21.1. The minimum Gasteiger partial charge on any atom is -0.497 e. The fourth-order valence-corrected chi connectivity index (χ4v) is 6.49. The van der Waals surface area contributed by atoms with E-state index in [-0.39, 0.29) is 10.9 Å². The first-order valence-electron chi connectivity index (χ1n) is 12.2. The number of aromatic nitrogens is 4. The SMILES string of the molecule is CCCn1cc(S(=O)(=O)N2CCN(c3cc4cnn(-c5ccc(OC)cc5)c4cc3C)C[C@H]2C)cn1. The normalized spacial score (nSPS) is 17.1. The summed E-state index contributed by atoms with van der Waals surface area (Å²) in [5, 5.41) is 9.87. The highest BCUT2D eigenvalue weighted by Gasteiger charge is 2.35. The second kappa shape index (κ2) is 9.59. The van der Waals surface area contributed by atoms with Crippen molar-refractivity contribution in [3.05, 3.63) is 60.6 Å². The van der Waals surface area contributed by atoms with Gasteiger partial charge in [0.1, 0.15) is 10.6 Å². The van der Waals surface area contributed by atoms with E-state index in [1.54, 1.807) is 22.3 Å². The molecule has 4 aromatic rings. The molecule has 36 heavy (non-hydrogen) atoms. The van der Waals surface area contributed by atoms with E-state index in [0.29, 0.717) is 26.2 Å². The van der Waals surface area contributed by atoms with Crippen molar-refractivity contribution < 1.29 is 13.2 Å². The molecule has 1 aliphatic rings. The number of methoxy groups -OCH3 is 1. The molecule has 0 saturated carbocycles. The largest absolute Gasteiger partial charge is 0.497 e. The Bertz CT molecular complexity index is 1480. The monoisotopic (exact) mass is 508 g/mol. The molecular weight excluding hydrogens is 476 g/mol. The van der Waals surface area contributed by atoms with Gasteiger partial charge in [0.05, 0.1) is 30.7 Å². The predicted octanol–water partition coefficient (Wildman–Crippen LogP) is 3.85. The Kier molecular flexibility index (Phi) is 6.48. The number of fused-ring (bicyclic) bond motifs is 1. The van der Waals surface area contributed by atoms with Crippen LogP contribution in [0.15, 0.2) is 59.9 Å². The van der Waals surface area contributed by atoms with Gasteiger partial charge in [-0.2, -0.15) is 14.5 Å². The Hall–Kier alpha value is -3.37. The van der Waals surface area contributed by atoms with Crippen LogP contribution in [-0.2, 0) is 16.6 Å². The molecule has 0 spiro atoms. The number of benzene rings is 2. The second-order valence-electron chi connectivity index (χ2n) is 9.30. The molecule has 190 valence electrons. The summed E-state index contributed by atoms with van der Waals surface area (Å²) in [6.45, 7) is 8.46. The van der Waals surface area contributed by atoms with E-state index >= 15 is 0 Å². The number of rotatable bonds is 7. The zero-order chi connectivity index (χ0) is 25.4. The van der Waals surface area contributed by atoms with E-state index in [9.17, 15) is 8.42 Å². The predicted molar refractivity (Wildman–Crippen MR) is 140 cm³/mol. The van der Waals surface area contributed by atoms with Crippen LogP contribution in [0.4, 0.5) is 5.69 Å². The minimum atomic E-state index is -3.59. The molecule has 2 aromatic carbocycles. The van der Waals surface area contributed by atoms with E-state index in [2.05, 4.69) is 34.2 Å². The fourth-order valence-electron chi connectivity index (χ4n) is 4.92. The van der Waals surface area contributed by atoms with Gasteiger partial charge in [-0.25, -0.2) is 13.1 Å².